The fourth-order valence-corrected chi connectivity index (χ4v) is 1.34. The predicted molar refractivity (Wildman–Crippen MR) is 62.7 cm³/mol. The van der Waals surface area contributed by atoms with Gasteiger partial charge in [0.05, 0.1) is 3.81 Å². The molecular formula is C9H17BrOS. The Bertz CT molecular complexity index is 143. The minimum absolute atomic E-state index is 0.178. The number of hydrogen-bond acceptors (Lipinski definition) is 2. The van der Waals surface area contributed by atoms with Crippen LogP contribution in [-0.2, 0) is 0 Å². The van der Waals surface area contributed by atoms with E-state index in [0.29, 0.717) is 6.42 Å². The summed E-state index contributed by atoms with van der Waals surface area (Å²) in [6.07, 6.45) is 4.41. The molecule has 0 amide bonds. The Balaban J connectivity index is 0. The first-order chi connectivity index (χ1) is 5.76. The highest BCUT2D eigenvalue weighted by atomic mass is 79.9. The summed E-state index contributed by atoms with van der Waals surface area (Å²) in [5.41, 5.74) is 1.06. The zero-order valence-electron chi connectivity index (χ0n) is 7.93. The van der Waals surface area contributed by atoms with E-state index >= 15 is 0 Å². The molecule has 0 aromatic rings. The van der Waals surface area contributed by atoms with E-state index in [1.165, 1.54) is 0 Å². The van der Waals surface area contributed by atoms with Crippen molar-refractivity contribution < 1.29 is 5.11 Å². The third kappa shape index (κ3) is 6.95. The quantitative estimate of drug-likeness (QED) is 0.773. The van der Waals surface area contributed by atoms with Crippen molar-refractivity contribution >= 4 is 27.7 Å². The maximum Gasteiger partial charge on any atom is 0.0532 e. The van der Waals surface area contributed by atoms with Crippen LogP contribution >= 0.6 is 27.7 Å². The number of aliphatic hydroxyl groups excluding tert-OH is 1. The molecule has 0 saturated heterocycles. The van der Waals surface area contributed by atoms with Crippen LogP contribution in [0, 0.1) is 0 Å². The standard InChI is InChI=1S/C7H11BrOS.C2H6/c1-3-6(4-5-9)7(8)10-2;1-2/h3,9H,1,4-5H2,2H3;1-2H3/b7-6+;. The van der Waals surface area contributed by atoms with Crippen molar-refractivity contribution in [3.8, 4) is 0 Å². The molecule has 0 aromatic carbocycles. The molecule has 0 unspecified atom stereocenters. The molecule has 0 bridgehead atoms. The summed E-state index contributed by atoms with van der Waals surface area (Å²) in [4.78, 5) is 0. The van der Waals surface area contributed by atoms with E-state index in [-0.39, 0.29) is 6.61 Å². The summed E-state index contributed by atoms with van der Waals surface area (Å²) in [7, 11) is 0. The van der Waals surface area contributed by atoms with Crippen LogP contribution < -0.4 is 0 Å². The molecule has 0 aromatic heterocycles. The lowest BCUT2D eigenvalue weighted by Crippen LogP contribution is -1.85. The van der Waals surface area contributed by atoms with Gasteiger partial charge in [-0.15, -0.1) is 11.8 Å². The van der Waals surface area contributed by atoms with Crippen LogP contribution in [0.4, 0.5) is 0 Å². The second-order valence-electron chi connectivity index (χ2n) is 1.68. The second kappa shape index (κ2) is 11.3. The van der Waals surface area contributed by atoms with Crippen LogP contribution in [0.25, 0.3) is 0 Å². The molecule has 12 heavy (non-hydrogen) atoms. The lowest BCUT2D eigenvalue weighted by atomic mass is 10.2. The summed E-state index contributed by atoms with van der Waals surface area (Å²) in [5.74, 6) is 0. The summed E-state index contributed by atoms with van der Waals surface area (Å²) in [5, 5.41) is 8.60. The Kier molecular flexibility index (Phi) is 13.9. The summed E-state index contributed by atoms with van der Waals surface area (Å²) in [6, 6.07) is 0. The topological polar surface area (TPSA) is 20.2 Å². The molecule has 1 nitrogen and oxygen atoms in total. The van der Waals surface area contributed by atoms with Crippen LogP contribution in [0.15, 0.2) is 22.0 Å². The number of aliphatic hydroxyl groups is 1. The molecule has 1 N–H and O–H groups in total. The zero-order valence-corrected chi connectivity index (χ0v) is 10.3. The van der Waals surface area contributed by atoms with E-state index in [1.54, 1.807) is 17.8 Å². The highest BCUT2D eigenvalue weighted by Gasteiger charge is 1.96. The van der Waals surface area contributed by atoms with E-state index in [0.717, 1.165) is 9.39 Å². The summed E-state index contributed by atoms with van der Waals surface area (Å²) >= 11 is 4.98. The molecule has 3 heteroatoms. The molecule has 72 valence electrons. The van der Waals surface area contributed by atoms with Crippen LogP contribution in [0.1, 0.15) is 20.3 Å². The number of rotatable bonds is 4. The maximum absolute atomic E-state index is 8.60. The largest absolute Gasteiger partial charge is 0.396 e. The molecular weight excluding hydrogens is 236 g/mol. The Labute approximate surface area is 88.1 Å². The van der Waals surface area contributed by atoms with Crippen molar-refractivity contribution in [1.82, 2.24) is 0 Å². The normalized spacial score (nSPS) is 11.1. The minimum atomic E-state index is 0.178. The van der Waals surface area contributed by atoms with Gasteiger partial charge in [0, 0.05) is 6.61 Å². The van der Waals surface area contributed by atoms with E-state index in [9.17, 15) is 0 Å². The molecule has 0 aliphatic rings. The number of hydrogen-bond donors (Lipinski definition) is 1. The van der Waals surface area contributed by atoms with Crippen molar-refractivity contribution in [1.29, 1.82) is 0 Å². The monoisotopic (exact) mass is 252 g/mol. The second-order valence-corrected chi connectivity index (χ2v) is 3.82. The molecule has 0 saturated carbocycles. The van der Waals surface area contributed by atoms with Gasteiger partial charge in [-0.25, -0.2) is 0 Å². The zero-order chi connectivity index (χ0) is 9.98. The third-order valence-corrected chi connectivity index (χ3v) is 3.16. The SMILES string of the molecule is C=C/C(CCO)=C(/Br)SC.CC. The Hall–Kier alpha value is 0.270. The number of thioether (sulfide) groups is 1. The maximum atomic E-state index is 8.60. The first-order valence-corrected chi connectivity index (χ1v) is 5.94. The van der Waals surface area contributed by atoms with Gasteiger partial charge in [-0.2, -0.15) is 0 Å². The van der Waals surface area contributed by atoms with Gasteiger partial charge < -0.3 is 5.11 Å². The summed E-state index contributed by atoms with van der Waals surface area (Å²) in [6.45, 7) is 7.81. The smallest absolute Gasteiger partial charge is 0.0532 e. The highest BCUT2D eigenvalue weighted by Crippen LogP contribution is 2.25. The number of halogens is 1. The van der Waals surface area contributed by atoms with Gasteiger partial charge in [-0.1, -0.05) is 26.5 Å². The van der Waals surface area contributed by atoms with Gasteiger partial charge in [0.15, 0.2) is 0 Å². The Morgan fingerprint density at radius 1 is 1.58 bits per heavy atom. The van der Waals surface area contributed by atoms with Crippen molar-refractivity contribution in [2.75, 3.05) is 12.9 Å². The molecule has 0 aliphatic heterocycles. The van der Waals surface area contributed by atoms with Crippen molar-refractivity contribution in [3.05, 3.63) is 22.0 Å². The third-order valence-electron chi connectivity index (χ3n) is 1.06. The van der Waals surface area contributed by atoms with Gasteiger partial charge in [0.2, 0.25) is 0 Å². The van der Waals surface area contributed by atoms with E-state index in [2.05, 4.69) is 22.5 Å². The summed E-state index contributed by atoms with van der Waals surface area (Å²) < 4.78 is 1.05. The first kappa shape index (κ1) is 14.8. The van der Waals surface area contributed by atoms with Crippen molar-refractivity contribution in [3.63, 3.8) is 0 Å². The van der Waals surface area contributed by atoms with Crippen molar-refractivity contribution in [2.45, 2.75) is 20.3 Å². The van der Waals surface area contributed by atoms with Crippen molar-refractivity contribution in [2.24, 2.45) is 0 Å². The van der Waals surface area contributed by atoms with Crippen LogP contribution in [-0.4, -0.2) is 18.0 Å². The van der Waals surface area contributed by atoms with E-state index in [4.69, 9.17) is 5.11 Å². The molecule has 0 spiro atoms. The van der Waals surface area contributed by atoms with Gasteiger partial charge in [0.1, 0.15) is 0 Å². The number of allylic oxidation sites excluding steroid dienone is 1. The molecule has 0 atom stereocenters. The van der Waals surface area contributed by atoms with Gasteiger partial charge in [0.25, 0.3) is 0 Å². The van der Waals surface area contributed by atoms with E-state index in [1.807, 2.05) is 20.1 Å². The lowest BCUT2D eigenvalue weighted by Gasteiger charge is -2.00. The predicted octanol–water partition coefficient (Wildman–Crippen LogP) is 3.55. The fourth-order valence-electron chi connectivity index (χ4n) is 0.532. The Morgan fingerprint density at radius 2 is 2.08 bits per heavy atom. The fraction of sp³-hybridized carbons (Fsp3) is 0.556. The van der Waals surface area contributed by atoms with Crippen LogP contribution in [0.3, 0.4) is 0 Å². The van der Waals surface area contributed by atoms with Gasteiger partial charge >= 0.3 is 0 Å². The lowest BCUT2D eigenvalue weighted by molar-refractivity contribution is 0.300. The Morgan fingerprint density at radius 3 is 2.33 bits per heavy atom. The molecule has 0 rings (SSSR count). The van der Waals surface area contributed by atoms with Crippen LogP contribution in [0.5, 0.6) is 0 Å². The molecule has 0 heterocycles. The van der Waals surface area contributed by atoms with Crippen LogP contribution in [0.2, 0.25) is 0 Å². The molecule has 0 fully saturated rings. The highest BCUT2D eigenvalue weighted by molar-refractivity contribution is 9.14. The average molecular weight is 253 g/mol. The van der Waals surface area contributed by atoms with Gasteiger partial charge in [-0.3, -0.25) is 0 Å². The van der Waals surface area contributed by atoms with E-state index < -0.39 is 0 Å². The minimum Gasteiger partial charge on any atom is -0.396 e. The molecule has 0 aliphatic carbocycles. The average Bonchev–Trinajstić information content (AvgIpc) is 2.16. The first-order valence-electron chi connectivity index (χ1n) is 3.92. The molecule has 0 radical (unpaired) electrons. The van der Waals surface area contributed by atoms with Gasteiger partial charge in [-0.05, 0) is 34.2 Å².